The molecule has 0 saturated heterocycles. The first-order valence-electron chi connectivity index (χ1n) is 10.4. The standard InChI is InChI=1S/C25H22ClNO2/c26-17-9-7-14(8-10-17)23-20-6-2-5-19(20)22-12-16(25(28)29)11-21-18-4-1-3-15(18)13-27(23)24(21)22/h1-2,4-5,7-12,15,18-20,23H,3,6,13H2,(H,28,29)/t15-,18-,19-,20+,23+/m0/s1. The zero-order valence-corrected chi connectivity index (χ0v) is 16.7. The maximum Gasteiger partial charge on any atom is 0.335 e. The lowest BCUT2D eigenvalue weighted by atomic mass is 9.70. The highest BCUT2D eigenvalue weighted by molar-refractivity contribution is 6.30. The van der Waals surface area contributed by atoms with Crippen molar-refractivity contribution in [2.45, 2.75) is 30.7 Å². The van der Waals surface area contributed by atoms with Crippen LogP contribution >= 0.6 is 11.6 Å². The van der Waals surface area contributed by atoms with Gasteiger partial charge >= 0.3 is 5.97 Å². The summed E-state index contributed by atoms with van der Waals surface area (Å²) in [5.41, 5.74) is 5.39. The van der Waals surface area contributed by atoms with E-state index in [4.69, 9.17) is 11.6 Å². The molecule has 2 aromatic rings. The van der Waals surface area contributed by atoms with Gasteiger partial charge in [0, 0.05) is 29.1 Å². The number of nitrogens with zero attached hydrogens (tertiary/aromatic N) is 1. The van der Waals surface area contributed by atoms with Crippen molar-refractivity contribution in [3.63, 3.8) is 0 Å². The van der Waals surface area contributed by atoms with Gasteiger partial charge in [-0.2, -0.15) is 0 Å². The van der Waals surface area contributed by atoms with Gasteiger partial charge in [-0.25, -0.2) is 4.79 Å². The minimum absolute atomic E-state index is 0.266. The highest BCUT2D eigenvalue weighted by atomic mass is 35.5. The molecule has 0 amide bonds. The second-order valence-corrected chi connectivity index (χ2v) is 9.20. The molecule has 6 rings (SSSR count). The summed E-state index contributed by atoms with van der Waals surface area (Å²) in [6.07, 6.45) is 11.2. The van der Waals surface area contributed by atoms with Gasteiger partial charge in [0.05, 0.1) is 11.6 Å². The van der Waals surface area contributed by atoms with Crippen molar-refractivity contribution < 1.29 is 9.90 Å². The number of fused-ring (bicyclic) bond motifs is 4. The minimum atomic E-state index is -0.835. The summed E-state index contributed by atoms with van der Waals surface area (Å²) < 4.78 is 0. The van der Waals surface area contributed by atoms with Crippen molar-refractivity contribution in [3.05, 3.63) is 88.0 Å². The van der Waals surface area contributed by atoms with Crippen LogP contribution in [-0.2, 0) is 0 Å². The molecule has 2 aliphatic heterocycles. The lowest BCUT2D eigenvalue weighted by Gasteiger charge is -2.51. The van der Waals surface area contributed by atoms with Crippen molar-refractivity contribution in [2.24, 2.45) is 11.8 Å². The molecule has 5 atom stereocenters. The number of aromatic carboxylic acids is 1. The zero-order chi connectivity index (χ0) is 19.7. The number of halogens is 1. The van der Waals surface area contributed by atoms with E-state index < -0.39 is 5.97 Å². The highest BCUT2D eigenvalue weighted by Gasteiger charge is 2.48. The van der Waals surface area contributed by atoms with E-state index in [-0.39, 0.29) is 12.0 Å². The van der Waals surface area contributed by atoms with Crippen LogP contribution in [0.2, 0.25) is 5.02 Å². The Morgan fingerprint density at radius 1 is 1.00 bits per heavy atom. The molecule has 146 valence electrons. The molecule has 0 fully saturated rings. The van der Waals surface area contributed by atoms with E-state index in [1.54, 1.807) is 0 Å². The van der Waals surface area contributed by atoms with Crippen molar-refractivity contribution in [2.75, 3.05) is 11.4 Å². The fourth-order valence-corrected chi connectivity index (χ4v) is 6.26. The van der Waals surface area contributed by atoms with Gasteiger partial charge in [-0.1, -0.05) is 48.0 Å². The molecule has 4 heteroatoms. The van der Waals surface area contributed by atoms with Crippen molar-refractivity contribution >= 4 is 23.3 Å². The summed E-state index contributed by atoms with van der Waals surface area (Å²) in [6, 6.07) is 12.5. The van der Waals surface area contributed by atoms with Crippen LogP contribution < -0.4 is 4.90 Å². The summed E-state index contributed by atoms with van der Waals surface area (Å²) in [5.74, 6) is 0.693. The number of benzene rings is 2. The largest absolute Gasteiger partial charge is 0.478 e. The normalized spacial score (nSPS) is 30.8. The van der Waals surface area contributed by atoms with Crippen LogP contribution in [0.15, 0.2) is 60.7 Å². The second-order valence-electron chi connectivity index (χ2n) is 8.76. The number of hydrogen-bond acceptors (Lipinski definition) is 2. The lowest BCUT2D eigenvalue weighted by Crippen LogP contribution is -2.46. The van der Waals surface area contributed by atoms with Crippen LogP contribution in [-0.4, -0.2) is 17.6 Å². The molecule has 2 heterocycles. The number of rotatable bonds is 2. The molecule has 1 N–H and O–H groups in total. The van der Waals surface area contributed by atoms with Gasteiger partial charge in [0.1, 0.15) is 0 Å². The van der Waals surface area contributed by atoms with Crippen LogP contribution in [0.25, 0.3) is 0 Å². The van der Waals surface area contributed by atoms with Gasteiger partial charge in [0.15, 0.2) is 0 Å². The minimum Gasteiger partial charge on any atom is -0.478 e. The molecule has 0 bridgehead atoms. The number of carboxylic acid groups (broad SMARTS) is 1. The number of allylic oxidation sites excluding steroid dienone is 4. The third-order valence-electron chi connectivity index (χ3n) is 7.31. The van der Waals surface area contributed by atoms with E-state index in [2.05, 4.69) is 41.3 Å². The summed E-state index contributed by atoms with van der Waals surface area (Å²) in [5, 5.41) is 10.5. The van der Waals surface area contributed by atoms with E-state index in [1.165, 1.54) is 22.4 Å². The molecule has 0 unspecified atom stereocenters. The predicted molar refractivity (Wildman–Crippen MR) is 115 cm³/mol. The molecule has 3 nitrogen and oxygen atoms in total. The van der Waals surface area contributed by atoms with E-state index in [0.29, 0.717) is 23.3 Å². The van der Waals surface area contributed by atoms with E-state index >= 15 is 0 Å². The maximum absolute atomic E-state index is 11.9. The molecule has 0 spiro atoms. The highest BCUT2D eigenvalue weighted by Crippen LogP contribution is 2.58. The molecular formula is C25H22ClNO2. The monoisotopic (exact) mass is 403 g/mol. The number of carbonyl (C=O) groups is 1. The van der Waals surface area contributed by atoms with Crippen molar-refractivity contribution in [1.29, 1.82) is 0 Å². The number of anilines is 1. The summed E-state index contributed by atoms with van der Waals surface area (Å²) >= 11 is 6.18. The SMILES string of the molecule is O=C(O)c1cc2c3c(c1)[C@H]1C=CC[C@H]1[C@@H](c1ccc(Cl)cc1)N3C[C@@H]1CC=C[C@H]21. The average molecular weight is 404 g/mol. The van der Waals surface area contributed by atoms with Crippen LogP contribution in [0.5, 0.6) is 0 Å². The van der Waals surface area contributed by atoms with E-state index in [0.717, 1.165) is 24.4 Å². The topological polar surface area (TPSA) is 40.5 Å². The van der Waals surface area contributed by atoms with Crippen LogP contribution in [0, 0.1) is 11.8 Å². The molecule has 2 aromatic carbocycles. The zero-order valence-electron chi connectivity index (χ0n) is 16.0. The first-order chi connectivity index (χ1) is 14.1. The number of carboxylic acids is 1. The van der Waals surface area contributed by atoms with Crippen LogP contribution in [0.3, 0.4) is 0 Å². The quantitative estimate of drug-likeness (QED) is 0.631. The van der Waals surface area contributed by atoms with Crippen LogP contribution in [0.1, 0.15) is 57.8 Å². The Bertz CT molecular complexity index is 1050. The number of hydrogen-bond donors (Lipinski definition) is 1. The van der Waals surface area contributed by atoms with Crippen molar-refractivity contribution in [3.8, 4) is 0 Å². The summed E-state index contributed by atoms with van der Waals surface area (Å²) in [4.78, 5) is 14.5. The third-order valence-corrected chi connectivity index (χ3v) is 7.56. The van der Waals surface area contributed by atoms with Gasteiger partial charge < -0.3 is 10.0 Å². The first kappa shape index (κ1) is 17.3. The summed E-state index contributed by atoms with van der Waals surface area (Å²) in [7, 11) is 0. The average Bonchev–Trinajstić information content (AvgIpc) is 3.38. The third kappa shape index (κ3) is 2.47. The van der Waals surface area contributed by atoms with Crippen molar-refractivity contribution in [1.82, 2.24) is 0 Å². The Morgan fingerprint density at radius 3 is 2.45 bits per heavy atom. The summed E-state index contributed by atoms with van der Waals surface area (Å²) in [6.45, 7) is 1.01. The van der Waals surface area contributed by atoms with Gasteiger partial charge in [-0.05, 0) is 65.6 Å². The predicted octanol–water partition coefficient (Wildman–Crippen LogP) is 5.93. The molecule has 29 heavy (non-hydrogen) atoms. The van der Waals surface area contributed by atoms with E-state index in [1.807, 2.05) is 24.3 Å². The Balaban J connectivity index is 1.59. The van der Waals surface area contributed by atoms with Gasteiger partial charge in [-0.15, -0.1) is 0 Å². The van der Waals surface area contributed by atoms with E-state index in [9.17, 15) is 9.90 Å². The fraction of sp³-hybridized carbons (Fsp3) is 0.320. The molecular weight excluding hydrogens is 382 g/mol. The Kier molecular flexibility index (Phi) is 3.73. The molecule has 0 saturated carbocycles. The smallest absolute Gasteiger partial charge is 0.335 e. The molecule has 2 aliphatic carbocycles. The first-order valence-corrected chi connectivity index (χ1v) is 10.8. The lowest BCUT2D eigenvalue weighted by molar-refractivity contribution is 0.0696. The Morgan fingerprint density at radius 2 is 1.69 bits per heavy atom. The fourth-order valence-electron chi connectivity index (χ4n) is 6.14. The Labute approximate surface area is 175 Å². The molecule has 0 radical (unpaired) electrons. The van der Waals surface area contributed by atoms with Gasteiger partial charge in [-0.3, -0.25) is 0 Å². The molecule has 0 aromatic heterocycles. The van der Waals surface area contributed by atoms with Gasteiger partial charge in [0.2, 0.25) is 0 Å². The van der Waals surface area contributed by atoms with Crippen LogP contribution in [0.4, 0.5) is 5.69 Å². The maximum atomic E-state index is 11.9. The van der Waals surface area contributed by atoms with Gasteiger partial charge in [0.25, 0.3) is 0 Å². The molecule has 4 aliphatic rings. The Hall–Kier alpha value is -2.52. The second kappa shape index (κ2) is 6.24.